The van der Waals surface area contributed by atoms with Gasteiger partial charge in [0.25, 0.3) is 5.91 Å². The smallest absolute Gasteiger partial charge is 0.406 e. The van der Waals surface area contributed by atoms with Gasteiger partial charge >= 0.3 is 6.36 Å². The number of hydrogen-bond donors (Lipinski definition) is 2. The minimum absolute atomic E-state index is 0.0710. The van der Waals surface area contributed by atoms with E-state index < -0.39 is 18.0 Å². The first-order chi connectivity index (χ1) is 11.7. The summed E-state index contributed by atoms with van der Waals surface area (Å²) in [5.74, 6) is 0.0152. The molecule has 1 fully saturated rings. The van der Waals surface area contributed by atoms with E-state index in [9.17, 15) is 18.0 Å². The Labute approximate surface area is 145 Å². The number of carbonyl (C=O) groups excluding carboxylic acids is 1. The Hall–Kier alpha value is -2.18. The van der Waals surface area contributed by atoms with E-state index in [4.69, 9.17) is 5.73 Å². The minimum atomic E-state index is -4.80. The molecule has 2 rings (SSSR count). The highest BCUT2D eigenvalue weighted by atomic mass is 19.4. The number of amides is 1. The topological polar surface area (TPSA) is 64.3 Å². The van der Waals surface area contributed by atoms with Crippen molar-refractivity contribution >= 4 is 17.3 Å². The molecule has 25 heavy (non-hydrogen) atoms. The van der Waals surface area contributed by atoms with Crippen molar-refractivity contribution < 1.29 is 22.7 Å². The molecule has 1 aliphatic rings. The molecule has 0 atom stereocenters. The number of carbonyl (C=O) groups is 1. The number of nitrogens with two attached hydrogens (primary N) is 1. The van der Waals surface area contributed by atoms with E-state index in [1.165, 1.54) is 25.3 Å². The van der Waals surface area contributed by atoms with Gasteiger partial charge in [-0.05, 0) is 30.9 Å². The molecule has 1 saturated carbocycles. The van der Waals surface area contributed by atoms with Crippen LogP contribution in [0, 0.1) is 5.92 Å². The number of anilines is 2. The van der Waals surface area contributed by atoms with E-state index in [1.54, 1.807) is 0 Å². The minimum Gasteiger partial charge on any atom is -0.406 e. The van der Waals surface area contributed by atoms with Gasteiger partial charge in [0.1, 0.15) is 5.75 Å². The number of benzene rings is 1. The van der Waals surface area contributed by atoms with Crippen LogP contribution in [0.4, 0.5) is 24.5 Å². The summed E-state index contributed by atoms with van der Waals surface area (Å²) in [5, 5.41) is 2.49. The van der Waals surface area contributed by atoms with Crippen LogP contribution in [0.5, 0.6) is 5.75 Å². The maximum absolute atomic E-state index is 12.3. The Balaban J connectivity index is 1.81. The second-order valence-corrected chi connectivity index (χ2v) is 6.40. The molecule has 1 aromatic carbocycles. The Kier molecular flexibility index (Phi) is 6.33. The molecule has 0 aromatic heterocycles. The van der Waals surface area contributed by atoms with Gasteiger partial charge in [-0.1, -0.05) is 38.7 Å². The van der Waals surface area contributed by atoms with E-state index in [2.05, 4.69) is 16.6 Å². The molecule has 0 unspecified atom stereocenters. The highest BCUT2D eigenvalue weighted by Gasteiger charge is 2.31. The molecule has 0 bridgehead atoms. The molecule has 1 aliphatic carbocycles. The average molecular weight is 356 g/mol. The van der Waals surface area contributed by atoms with Gasteiger partial charge in [0.05, 0.1) is 11.4 Å². The highest BCUT2D eigenvalue weighted by Crippen LogP contribution is 2.34. The van der Waals surface area contributed by atoms with Crippen LogP contribution in [0.15, 0.2) is 30.4 Å². The van der Waals surface area contributed by atoms with Crippen molar-refractivity contribution in [3.8, 4) is 5.75 Å². The van der Waals surface area contributed by atoms with Crippen LogP contribution in [0.1, 0.15) is 44.9 Å². The maximum Gasteiger partial charge on any atom is 0.573 e. The van der Waals surface area contributed by atoms with Crippen molar-refractivity contribution in [2.24, 2.45) is 5.92 Å². The second-order valence-electron chi connectivity index (χ2n) is 6.40. The number of ether oxygens (including phenoxy) is 1. The van der Waals surface area contributed by atoms with Gasteiger partial charge in [-0.2, -0.15) is 0 Å². The summed E-state index contributed by atoms with van der Waals surface area (Å²) in [5.41, 5.74) is 6.30. The van der Waals surface area contributed by atoms with Crippen LogP contribution in [-0.4, -0.2) is 12.3 Å². The highest BCUT2D eigenvalue weighted by molar-refractivity contribution is 6.04. The number of halogens is 3. The van der Waals surface area contributed by atoms with Crippen LogP contribution in [0.25, 0.3) is 0 Å². The normalized spacial score (nSPS) is 14.2. The first-order valence-corrected chi connectivity index (χ1v) is 8.39. The van der Waals surface area contributed by atoms with Crippen molar-refractivity contribution in [2.45, 2.75) is 51.3 Å². The molecule has 3 N–H and O–H groups in total. The predicted octanol–water partition coefficient (Wildman–Crippen LogP) is 5.02. The first-order valence-electron chi connectivity index (χ1n) is 8.39. The lowest BCUT2D eigenvalue weighted by Gasteiger charge is -2.13. The molecule has 0 heterocycles. The lowest BCUT2D eigenvalue weighted by molar-refractivity contribution is -0.274. The molecular formula is C18H23F3N2O2. The SMILES string of the molecule is C=C(CCCCCC1CC1)C(=O)Nc1cc(OC(F)(F)F)ccc1N. The van der Waals surface area contributed by atoms with E-state index in [0.717, 1.165) is 37.3 Å². The third-order valence-electron chi connectivity index (χ3n) is 4.12. The van der Waals surface area contributed by atoms with Gasteiger partial charge in [-0.15, -0.1) is 13.2 Å². The predicted molar refractivity (Wildman–Crippen MR) is 91.1 cm³/mol. The quantitative estimate of drug-likeness (QED) is 0.371. The first kappa shape index (κ1) is 19.1. The molecule has 0 spiro atoms. The van der Waals surface area contributed by atoms with Crippen molar-refractivity contribution in [3.63, 3.8) is 0 Å². The largest absolute Gasteiger partial charge is 0.573 e. The number of rotatable bonds is 9. The average Bonchev–Trinajstić information content (AvgIpc) is 3.32. The molecule has 138 valence electrons. The van der Waals surface area contributed by atoms with Crippen molar-refractivity contribution in [1.29, 1.82) is 0 Å². The third kappa shape index (κ3) is 7.07. The van der Waals surface area contributed by atoms with Gasteiger partial charge < -0.3 is 15.8 Å². The Bertz CT molecular complexity index is 625. The monoisotopic (exact) mass is 356 g/mol. The summed E-state index contributed by atoms with van der Waals surface area (Å²) in [6, 6.07) is 3.38. The molecule has 1 aromatic rings. The Morgan fingerprint density at radius 1 is 1.28 bits per heavy atom. The molecular weight excluding hydrogens is 333 g/mol. The van der Waals surface area contributed by atoms with E-state index in [0.29, 0.717) is 12.0 Å². The van der Waals surface area contributed by atoms with Crippen LogP contribution >= 0.6 is 0 Å². The number of nitrogens with one attached hydrogen (secondary N) is 1. The zero-order valence-corrected chi connectivity index (χ0v) is 14.0. The van der Waals surface area contributed by atoms with Gasteiger partial charge in [-0.3, -0.25) is 4.79 Å². The Morgan fingerprint density at radius 3 is 2.64 bits per heavy atom. The van der Waals surface area contributed by atoms with Gasteiger partial charge in [-0.25, -0.2) is 0 Å². The maximum atomic E-state index is 12.3. The summed E-state index contributed by atoms with van der Waals surface area (Å²) >= 11 is 0. The molecule has 0 radical (unpaired) electrons. The van der Waals surface area contributed by atoms with E-state index in [-0.39, 0.29) is 11.4 Å². The zero-order chi connectivity index (χ0) is 18.4. The zero-order valence-electron chi connectivity index (χ0n) is 14.0. The second kappa shape index (κ2) is 8.27. The molecule has 1 amide bonds. The van der Waals surface area contributed by atoms with Crippen molar-refractivity contribution in [1.82, 2.24) is 0 Å². The molecule has 0 saturated heterocycles. The standard InChI is InChI=1S/C18H23F3N2O2/c1-12(5-3-2-4-6-13-7-8-13)17(24)23-16-11-14(9-10-15(16)22)25-18(19,20)21/h9-11,13H,1-8,22H2,(H,23,24). The summed E-state index contributed by atoms with van der Waals surface area (Å²) in [6.07, 6.45) is 2.74. The molecule has 4 nitrogen and oxygen atoms in total. The number of nitrogen functional groups attached to an aromatic ring is 1. The van der Waals surface area contributed by atoms with Gasteiger partial charge in [0, 0.05) is 11.6 Å². The lowest BCUT2D eigenvalue weighted by Crippen LogP contribution is -2.18. The van der Waals surface area contributed by atoms with Crippen LogP contribution < -0.4 is 15.8 Å². The third-order valence-corrected chi connectivity index (χ3v) is 4.12. The Morgan fingerprint density at radius 2 is 2.00 bits per heavy atom. The van der Waals surface area contributed by atoms with Gasteiger partial charge in [0.15, 0.2) is 0 Å². The summed E-state index contributed by atoms with van der Waals surface area (Å²) < 4.78 is 40.6. The number of hydrogen-bond acceptors (Lipinski definition) is 3. The van der Waals surface area contributed by atoms with E-state index >= 15 is 0 Å². The van der Waals surface area contributed by atoms with E-state index in [1.807, 2.05) is 0 Å². The molecule has 7 heteroatoms. The number of alkyl halides is 3. The van der Waals surface area contributed by atoms with Crippen LogP contribution in [0.3, 0.4) is 0 Å². The van der Waals surface area contributed by atoms with Crippen LogP contribution in [0.2, 0.25) is 0 Å². The van der Waals surface area contributed by atoms with Gasteiger partial charge in [0.2, 0.25) is 0 Å². The van der Waals surface area contributed by atoms with Crippen molar-refractivity contribution in [2.75, 3.05) is 11.1 Å². The van der Waals surface area contributed by atoms with Crippen molar-refractivity contribution in [3.05, 3.63) is 30.4 Å². The summed E-state index contributed by atoms with van der Waals surface area (Å²) in [4.78, 5) is 12.1. The fraction of sp³-hybridized carbons (Fsp3) is 0.500. The molecule has 0 aliphatic heterocycles. The van der Waals surface area contributed by atoms with Crippen LogP contribution in [-0.2, 0) is 4.79 Å². The fourth-order valence-electron chi connectivity index (χ4n) is 2.52. The lowest BCUT2D eigenvalue weighted by atomic mass is 10.1. The summed E-state index contributed by atoms with van der Waals surface area (Å²) in [7, 11) is 0. The summed E-state index contributed by atoms with van der Waals surface area (Å²) in [6.45, 7) is 3.74. The fourth-order valence-corrected chi connectivity index (χ4v) is 2.52. The number of unbranched alkanes of at least 4 members (excludes halogenated alkanes) is 2.